The van der Waals surface area contributed by atoms with Crippen LogP contribution in [0.3, 0.4) is 0 Å². The van der Waals surface area contributed by atoms with E-state index >= 15 is 0 Å². The fourth-order valence-electron chi connectivity index (χ4n) is 1.80. The Bertz CT molecular complexity index is 818. The van der Waals surface area contributed by atoms with Crippen LogP contribution in [-0.4, -0.2) is 36.5 Å². The van der Waals surface area contributed by atoms with Gasteiger partial charge in [-0.3, -0.25) is 14.8 Å². The quantitative estimate of drug-likeness (QED) is 0.597. The second kappa shape index (κ2) is 7.28. The van der Waals surface area contributed by atoms with Crippen molar-refractivity contribution in [2.75, 3.05) is 22.0 Å². The number of carbonyl (C=O) groups is 1. The largest absolute Gasteiger partial charge is 0.296 e. The maximum atomic E-state index is 12.4. The Morgan fingerprint density at radius 1 is 1.35 bits per heavy atom. The number of carbonyl (C=O) groups excluding carboxylic acids is 1. The zero-order valence-electron chi connectivity index (χ0n) is 12.8. The van der Waals surface area contributed by atoms with Crippen LogP contribution in [0, 0.1) is 6.92 Å². The highest BCUT2D eigenvalue weighted by molar-refractivity contribution is 8.01. The maximum absolute atomic E-state index is 12.4. The van der Waals surface area contributed by atoms with Crippen molar-refractivity contribution >= 4 is 49.8 Å². The highest BCUT2D eigenvalue weighted by Gasteiger charge is 2.15. The van der Waals surface area contributed by atoms with Gasteiger partial charge < -0.3 is 0 Å². The summed E-state index contributed by atoms with van der Waals surface area (Å²) in [6, 6.07) is 4.85. The van der Waals surface area contributed by atoms with E-state index in [9.17, 15) is 13.2 Å². The molecule has 0 fully saturated rings. The SMILES string of the molecule is CCSc1nnc(NC(=O)c2cccc(NS(C)(=O)=O)c2C)s1. The first-order valence-corrected chi connectivity index (χ1v) is 10.3. The second-order valence-corrected chi connectivity index (χ2v) is 8.85. The number of hydrogen-bond acceptors (Lipinski definition) is 7. The molecule has 0 unspecified atom stereocenters. The Balaban J connectivity index is 2.20. The molecule has 10 heteroatoms. The minimum atomic E-state index is -3.41. The number of hydrogen-bond donors (Lipinski definition) is 2. The van der Waals surface area contributed by atoms with Gasteiger partial charge in [-0.2, -0.15) is 0 Å². The van der Waals surface area contributed by atoms with Crippen molar-refractivity contribution in [3.63, 3.8) is 0 Å². The molecule has 0 saturated carbocycles. The van der Waals surface area contributed by atoms with Gasteiger partial charge in [-0.05, 0) is 30.4 Å². The van der Waals surface area contributed by atoms with Gasteiger partial charge in [0.05, 0.1) is 11.9 Å². The van der Waals surface area contributed by atoms with E-state index < -0.39 is 10.0 Å². The zero-order chi connectivity index (χ0) is 17.0. The van der Waals surface area contributed by atoms with E-state index in [1.54, 1.807) is 36.9 Å². The van der Waals surface area contributed by atoms with E-state index in [0.717, 1.165) is 16.3 Å². The van der Waals surface area contributed by atoms with Crippen LogP contribution in [0.4, 0.5) is 10.8 Å². The number of nitrogens with one attached hydrogen (secondary N) is 2. The molecule has 1 heterocycles. The van der Waals surface area contributed by atoms with Crippen LogP contribution in [-0.2, 0) is 10.0 Å². The van der Waals surface area contributed by atoms with Gasteiger partial charge in [0.1, 0.15) is 0 Å². The average molecular weight is 372 g/mol. The van der Waals surface area contributed by atoms with Gasteiger partial charge in [0, 0.05) is 5.56 Å². The van der Waals surface area contributed by atoms with Crippen molar-refractivity contribution in [2.45, 2.75) is 18.2 Å². The smallest absolute Gasteiger partial charge is 0.257 e. The van der Waals surface area contributed by atoms with Gasteiger partial charge >= 0.3 is 0 Å². The Labute approximate surface area is 143 Å². The van der Waals surface area contributed by atoms with Crippen LogP contribution in [0.5, 0.6) is 0 Å². The first kappa shape index (κ1) is 17.7. The fourth-order valence-corrected chi connectivity index (χ4v) is 4.06. The van der Waals surface area contributed by atoms with Crippen LogP contribution in [0.25, 0.3) is 0 Å². The predicted molar refractivity (Wildman–Crippen MR) is 93.9 cm³/mol. The molecular formula is C13H16N4O3S3. The van der Waals surface area contributed by atoms with Crippen molar-refractivity contribution < 1.29 is 13.2 Å². The molecule has 0 bridgehead atoms. The van der Waals surface area contributed by atoms with E-state index in [-0.39, 0.29) is 5.91 Å². The van der Waals surface area contributed by atoms with Gasteiger partial charge in [0.25, 0.3) is 5.91 Å². The molecule has 0 radical (unpaired) electrons. The Kier molecular flexibility index (Phi) is 5.60. The van der Waals surface area contributed by atoms with Crippen molar-refractivity contribution in [3.05, 3.63) is 29.3 Å². The number of thioether (sulfide) groups is 1. The molecule has 2 aromatic rings. The molecule has 0 aliphatic rings. The minimum absolute atomic E-state index is 0.358. The number of rotatable bonds is 6. The lowest BCUT2D eigenvalue weighted by Gasteiger charge is -2.11. The van der Waals surface area contributed by atoms with Crippen LogP contribution in [0.15, 0.2) is 22.5 Å². The third kappa shape index (κ3) is 4.91. The van der Waals surface area contributed by atoms with E-state index in [1.165, 1.54) is 11.3 Å². The fraction of sp³-hybridized carbons (Fsp3) is 0.308. The Morgan fingerprint density at radius 2 is 2.09 bits per heavy atom. The first-order valence-electron chi connectivity index (χ1n) is 6.65. The molecule has 7 nitrogen and oxygen atoms in total. The third-order valence-electron chi connectivity index (χ3n) is 2.77. The molecule has 0 saturated heterocycles. The number of nitrogens with zero attached hydrogens (tertiary/aromatic N) is 2. The van der Waals surface area contributed by atoms with Gasteiger partial charge in [0.15, 0.2) is 4.34 Å². The molecule has 1 aromatic heterocycles. The number of aromatic nitrogens is 2. The van der Waals surface area contributed by atoms with Gasteiger partial charge in [-0.25, -0.2) is 8.42 Å². The Morgan fingerprint density at radius 3 is 2.74 bits per heavy atom. The minimum Gasteiger partial charge on any atom is -0.296 e. The van der Waals surface area contributed by atoms with Crippen LogP contribution in [0.1, 0.15) is 22.8 Å². The molecule has 1 aromatic carbocycles. The lowest BCUT2D eigenvalue weighted by atomic mass is 10.1. The summed E-state index contributed by atoms with van der Waals surface area (Å²) in [7, 11) is -3.41. The highest BCUT2D eigenvalue weighted by atomic mass is 32.2. The molecule has 23 heavy (non-hydrogen) atoms. The summed E-state index contributed by atoms with van der Waals surface area (Å²) >= 11 is 2.85. The van der Waals surface area contributed by atoms with E-state index in [0.29, 0.717) is 21.9 Å². The monoisotopic (exact) mass is 372 g/mol. The molecule has 0 aliphatic carbocycles. The standard InChI is InChI=1S/C13H16N4O3S3/c1-4-21-13-16-15-12(22-13)14-11(18)9-6-5-7-10(8(9)2)17-23(3,19)20/h5-7,17H,4H2,1-3H3,(H,14,15,18). The molecular weight excluding hydrogens is 356 g/mol. The lowest BCUT2D eigenvalue weighted by Crippen LogP contribution is -2.16. The summed E-state index contributed by atoms with van der Waals surface area (Å²) in [6.45, 7) is 3.69. The van der Waals surface area contributed by atoms with Gasteiger partial charge in [-0.15, -0.1) is 10.2 Å². The number of anilines is 2. The normalized spacial score (nSPS) is 11.3. The molecule has 0 atom stereocenters. The first-order chi connectivity index (χ1) is 10.8. The topological polar surface area (TPSA) is 101 Å². The van der Waals surface area contributed by atoms with Crippen LogP contribution in [0.2, 0.25) is 0 Å². The summed E-state index contributed by atoms with van der Waals surface area (Å²) < 4.78 is 25.9. The molecule has 1 amide bonds. The number of sulfonamides is 1. The van der Waals surface area contributed by atoms with Gasteiger partial charge in [0.2, 0.25) is 15.2 Å². The number of benzene rings is 1. The van der Waals surface area contributed by atoms with Crippen molar-refractivity contribution in [1.82, 2.24) is 10.2 Å². The van der Waals surface area contributed by atoms with Crippen LogP contribution < -0.4 is 10.0 Å². The summed E-state index contributed by atoms with van der Waals surface area (Å²) in [5.74, 6) is 0.518. The van der Waals surface area contributed by atoms with Crippen molar-refractivity contribution in [1.29, 1.82) is 0 Å². The summed E-state index contributed by atoms with van der Waals surface area (Å²) in [6.07, 6.45) is 1.06. The van der Waals surface area contributed by atoms with E-state index in [2.05, 4.69) is 20.2 Å². The maximum Gasteiger partial charge on any atom is 0.257 e. The predicted octanol–water partition coefficient (Wildman–Crippen LogP) is 2.58. The van der Waals surface area contributed by atoms with Crippen molar-refractivity contribution in [3.8, 4) is 0 Å². The lowest BCUT2D eigenvalue weighted by molar-refractivity contribution is 0.102. The van der Waals surface area contributed by atoms with E-state index in [4.69, 9.17) is 0 Å². The van der Waals surface area contributed by atoms with E-state index in [1.807, 2.05) is 6.92 Å². The molecule has 0 aliphatic heterocycles. The van der Waals surface area contributed by atoms with Crippen LogP contribution >= 0.6 is 23.1 Å². The highest BCUT2D eigenvalue weighted by Crippen LogP contribution is 2.26. The van der Waals surface area contributed by atoms with Gasteiger partial charge in [-0.1, -0.05) is 36.1 Å². The molecule has 2 rings (SSSR count). The number of amides is 1. The Hall–Kier alpha value is -1.65. The summed E-state index contributed by atoms with van der Waals surface area (Å²) in [4.78, 5) is 12.4. The van der Waals surface area contributed by atoms with Crippen molar-refractivity contribution in [2.24, 2.45) is 0 Å². The average Bonchev–Trinajstić information content (AvgIpc) is 2.87. The zero-order valence-corrected chi connectivity index (χ0v) is 15.2. The summed E-state index contributed by atoms with van der Waals surface area (Å²) in [5.41, 5.74) is 1.29. The third-order valence-corrected chi connectivity index (χ3v) is 5.21. The molecule has 124 valence electrons. The molecule has 2 N–H and O–H groups in total. The molecule has 0 spiro atoms. The second-order valence-electron chi connectivity index (χ2n) is 4.61. The summed E-state index contributed by atoms with van der Waals surface area (Å²) in [5, 5.41) is 11.0.